The predicted molar refractivity (Wildman–Crippen MR) is 109 cm³/mol. The highest BCUT2D eigenvalue weighted by Gasteiger charge is 2.28. The average Bonchev–Trinajstić information content (AvgIpc) is 3.09. The lowest BCUT2D eigenvalue weighted by Crippen LogP contribution is -2.44. The highest BCUT2D eigenvalue weighted by molar-refractivity contribution is 7.17. The molecule has 146 valence electrons. The number of thiophene rings is 1. The summed E-state index contributed by atoms with van der Waals surface area (Å²) in [7, 11) is 0. The van der Waals surface area contributed by atoms with Crippen molar-refractivity contribution >= 4 is 33.2 Å². The van der Waals surface area contributed by atoms with E-state index < -0.39 is 0 Å². The van der Waals surface area contributed by atoms with E-state index in [1.165, 1.54) is 0 Å². The van der Waals surface area contributed by atoms with Gasteiger partial charge in [0, 0.05) is 40.7 Å². The lowest BCUT2D eigenvalue weighted by molar-refractivity contribution is -0.126. The highest BCUT2D eigenvalue weighted by atomic mass is 32.1. The quantitative estimate of drug-likeness (QED) is 0.840. The van der Waals surface area contributed by atoms with Gasteiger partial charge >= 0.3 is 0 Å². The number of nitrogens with zero attached hydrogens (tertiary/aromatic N) is 1. The fourth-order valence-electron chi connectivity index (χ4n) is 3.44. The molecule has 2 amide bonds. The molecule has 0 saturated carbocycles. The average molecular weight is 389 g/mol. The van der Waals surface area contributed by atoms with Gasteiger partial charge in [-0.2, -0.15) is 0 Å². The lowest BCUT2D eigenvalue weighted by Gasteiger charge is -2.32. The number of carbonyl (C=O) groups is 2. The number of hydrogen-bond donors (Lipinski definition) is 1. The molecule has 3 rings (SSSR count). The molecule has 6 heteroatoms. The molecule has 0 radical (unpaired) electrons. The Morgan fingerprint density at radius 3 is 2.52 bits per heavy atom. The number of fused-ring (bicyclic) bond motifs is 1. The molecule has 0 unspecified atom stereocenters. The molecule has 5 nitrogen and oxygen atoms in total. The first-order chi connectivity index (χ1) is 12.8. The van der Waals surface area contributed by atoms with Crippen LogP contribution in [-0.4, -0.2) is 41.9 Å². The summed E-state index contributed by atoms with van der Waals surface area (Å²) in [5.74, 6) is 0.876. The molecule has 27 heavy (non-hydrogen) atoms. The number of amides is 2. The summed E-state index contributed by atoms with van der Waals surface area (Å²) in [5.41, 5.74) is 0.658. The van der Waals surface area contributed by atoms with Crippen LogP contribution in [0.1, 0.15) is 50.9 Å². The summed E-state index contributed by atoms with van der Waals surface area (Å²) in [4.78, 5) is 27.1. The second kappa shape index (κ2) is 8.30. The summed E-state index contributed by atoms with van der Waals surface area (Å²) in [6.45, 7) is 9.12. The van der Waals surface area contributed by atoms with Crippen LogP contribution in [-0.2, 0) is 4.79 Å². The van der Waals surface area contributed by atoms with Gasteiger partial charge in [0.05, 0.1) is 6.10 Å². The third-order valence-electron chi connectivity index (χ3n) is 4.73. The van der Waals surface area contributed by atoms with Crippen LogP contribution in [0.5, 0.6) is 5.75 Å². The number of likely N-dealkylation sites (tertiary alicyclic amines) is 1. The molecule has 1 aromatic carbocycles. The summed E-state index contributed by atoms with van der Waals surface area (Å²) < 4.78 is 6.99. The van der Waals surface area contributed by atoms with Crippen molar-refractivity contribution in [2.45, 2.75) is 52.7 Å². The van der Waals surface area contributed by atoms with Crippen molar-refractivity contribution in [3.63, 3.8) is 0 Å². The molecule has 1 saturated heterocycles. The molecule has 0 atom stereocenters. The largest absolute Gasteiger partial charge is 0.490 e. The van der Waals surface area contributed by atoms with Crippen molar-refractivity contribution < 1.29 is 14.3 Å². The van der Waals surface area contributed by atoms with E-state index in [0.717, 1.165) is 15.8 Å². The minimum absolute atomic E-state index is 0.00365. The van der Waals surface area contributed by atoms with E-state index in [-0.39, 0.29) is 29.9 Å². The Kier molecular flexibility index (Phi) is 6.05. The minimum atomic E-state index is -0.00365. The Balaban J connectivity index is 1.72. The molecular weight excluding hydrogens is 360 g/mol. The standard InChI is InChI=1S/C21H28N2O3S/c1-13(2)22-20(24)15-5-8-23(9-6-15)21(25)16-11-18(26-14(3)4)17-7-10-27-19(17)12-16/h7,10-15H,5-6,8-9H2,1-4H3,(H,22,24). The molecule has 0 spiro atoms. The Bertz CT molecular complexity index is 820. The molecule has 1 fully saturated rings. The lowest BCUT2D eigenvalue weighted by atomic mass is 9.95. The Hall–Kier alpha value is -2.08. The number of nitrogens with one attached hydrogen (secondary N) is 1. The van der Waals surface area contributed by atoms with E-state index in [9.17, 15) is 9.59 Å². The molecule has 0 aliphatic carbocycles. The molecule has 2 aromatic rings. The van der Waals surface area contributed by atoms with Crippen molar-refractivity contribution in [2.75, 3.05) is 13.1 Å². The summed E-state index contributed by atoms with van der Waals surface area (Å²) in [5, 5.41) is 6.04. The highest BCUT2D eigenvalue weighted by Crippen LogP contribution is 2.33. The van der Waals surface area contributed by atoms with Crippen molar-refractivity contribution in [1.82, 2.24) is 10.2 Å². The van der Waals surface area contributed by atoms with Crippen LogP contribution in [0, 0.1) is 5.92 Å². The molecule has 0 bridgehead atoms. The first-order valence-electron chi connectivity index (χ1n) is 9.62. The maximum absolute atomic E-state index is 13.0. The van der Waals surface area contributed by atoms with Crippen molar-refractivity contribution in [1.29, 1.82) is 0 Å². The van der Waals surface area contributed by atoms with Crippen LogP contribution in [0.2, 0.25) is 0 Å². The van der Waals surface area contributed by atoms with Crippen molar-refractivity contribution in [3.05, 3.63) is 29.1 Å². The summed E-state index contributed by atoms with van der Waals surface area (Å²) in [6, 6.07) is 5.99. The number of hydrogen-bond acceptors (Lipinski definition) is 4. The molecule has 1 aliphatic rings. The Morgan fingerprint density at radius 1 is 1.19 bits per heavy atom. The van der Waals surface area contributed by atoms with Gasteiger partial charge < -0.3 is 15.0 Å². The van der Waals surface area contributed by atoms with E-state index in [1.807, 2.05) is 56.2 Å². The van der Waals surface area contributed by atoms with E-state index in [1.54, 1.807) is 11.3 Å². The van der Waals surface area contributed by atoms with Crippen LogP contribution in [0.25, 0.3) is 10.1 Å². The second-order valence-corrected chi connectivity index (χ2v) is 8.65. The van der Waals surface area contributed by atoms with Gasteiger partial charge in [0.1, 0.15) is 5.75 Å². The van der Waals surface area contributed by atoms with Gasteiger partial charge in [0.2, 0.25) is 5.91 Å². The van der Waals surface area contributed by atoms with Gasteiger partial charge in [0.15, 0.2) is 0 Å². The zero-order valence-corrected chi connectivity index (χ0v) is 17.3. The predicted octanol–water partition coefficient (Wildman–Crippen LogP) is 4.07. The third-order valence-corrected chi connectivity index (χ3v) is 5.59. The van der Waals surface area contributed by atoms with E-state index in [2.05, 4.69) is 5.32 Å². The maximum Gasteiger partial charge on any atom is 0.254 e. The number of piperidine rings is 1. The molecular formula is C21H28N2O3S. The first-order valence-corrected chi connectivity index (χ1v) is 10.5. The molecule has 1 N–H and O–H groups in total. The topological polar surface area (TPSA) is 58.6 Å². The van der Waals surface area contributed by atoms with E-state index in [4.69, 9.17) is 4.74 Å². The van der Waals surface area contributed by atoms with Crippen LogP contribution < -0.4 is 10.1 Å². The zero-order valence-electron chi connectivity index (χ0n) is 16.5. The van der Waals surface area contributed by atoms with Crippen LogP contribution in [0.3, 0.4) is 0 Å². The van der Waals surface area contributed by atoms with E-state index in [0.29, 0.717) is 31.5 Å². The van der Waals surface area contributed by atoms with Crippen molar-refractivity contribution in [3.8, 4) is 5.75 Å². The van der Waals surface area contributed by atoms with Crippen LogP contribution in [0.4, 0.5) is 0 Å². The molecule has 2 heterocycles. The minimum Gasteiger partial charge on any atom is -0.490 e. The third kappa shape index (κ3) is 4.61. The number of rotatable bonds is 5. The SMILES string of the molecule is CC(C)NC(=O)C1CCN(C(=O)c2cc(OC(C)C)c3ccsc3c2)CC1. The fourth-order valence-corrected chi connectivity index (χ4v) is 4.28. The number of benzene rings is 1. The first kappa shape index (κ1) is 19.7. The number of ether oxygens (including phenoxy) is 1. The summed E-state index contributed by atoms with van der Waals surface area (Å²) in [6.07, 6.45) is 1.47. The summed E-state index contributed by atoms with van der Waals surface area (Å²) >= 11 is 1.61. The molecule has 1 aromatic heterocycles. The number of carbonyl (C=O) groups excluding carboxylic acids is 2. The molecule has 1 aliphatic heterocycles. The van der Waals surface area contributed by atoms with Gasteiger partial charge in [-0.25, -0.2) is 0 Å². The zero-order chi connectivity index (χ0) is 19.6. The fraction of sp³-hybridized carbons (Fsp3) is 0.524. The normalized spacial score (nSPS) is 15.6. The van der Waals surface area contributed by atoms with Gasteiger partial charge in [-0.1, -0.05) is 0 Å². The van der Waals surface area contributed by atoms with Gasteiger partial charge in [-0.15, -0.1) is 11.3 Å². The monoisotopic (exact) mass is 388 g/mol. The van der Waals surface area contributed by atoms with Crippen LogP contribution in [0.15, 0.2) is 23.6 Å². The van der Waals surface area contributed by atoms with Crippen molar-refractivity contribution in [2.24, 2.45) is 5.92 Å². The van der Waals surface area contributed by atoms with Gasteiger partial charge in [-0.3, -0.25) is 9.59 Å². The van der Waals surface area contributed by atoms with Crippen LogP contribution >= 0.6 is 11.3 Å². The smallest absolute Gasteiger partial charge is 0.254 e. The van der Waals surface area contributed by atoms with E-state index >= 15 is 0 Å². The second-order valence-electron chi connectivity index (χ2n) is 7.70. The Labute approximate surface area is 164 Å². The maximum atomic E-state index is 13.0. The van der Waals surface area contributed by atoms with Gasteiger partial charge in [0.25, 0.3) is 5.91 Å². The Morgan fingerprint density at radius 2 is 1.89 bits per heavy atom. The van der Waals surface area contributed by atoms with Gasteiger partial charge in [-0.05, 0) is 64.1 Å².